The van der Waals surface area contributed by atoms with E-state index in [0.717, 1.165) is 36.6 Å². The zero-order valence-corrected chi connectivity index (χ0v) is 13.4. The minimum Gasteiger partial charge on any atom is -0.493 e. The fourth-order valence-electron chi connectivity index (χ4n) is 2.32. The van der Waals surface area contributed by atoms with Gasteiger partial charge in [-0.05, 0) is 31.0 Å². The van der Waals surface area contributed by atoms with E-state index in [1.807, 2.05) is 18.2 Å². The normalized spacial score (nSPS) is 11.0. The number of unbranched alkanes of at least 4 members (excludes halogenated alkanes) is 2. The third-order valence-corrected chi connectivity index (χ3v) is 3.76. The summed E-state index contributed by atoms with van der Waals surface area (Å²) in [5.74, 6) is 0.660. The summed E-state index contributed by atoms with van der Waals surface area (Å²) in [6, 6.07) is 7.22. The van der Waals surface area contributed by atoms with Gasteiger partial charge in [0.2, 0.25) is 0 Å². The molecule has 0 aliphatic carbocycles. The molecule has 3 nitrogen and oxygen atoms in total. The van der Waals surface area contributed by atoms with Crippen molar-refractivity contribution >= 4 is 22.5 Å². The van der Waals surface area contributed by atoms with Crippen LogP contribution < -0.4 is 10.3 Å². The molecule has 0 aliphatic rings. The lowest BCUT2D eigenvalue weighted by Crippen LogP contribution is -2.20. The van der Waals surface area contributed by atoms with E-state index in [9.17, 15) is 4.79 Å². The summed E-state index contributed by atoms with van der Waals surface area (Å²) >= 11 is 6.10. The van der Waals surface area contributed by atoms with E-state index >= 15 is 0 Å². The van der Waals surface area contributed by atoms with Crippen LogP contribution in [0.3, 0.4) is 0 Å². The van der Waals surface area contributed by atoms with Crippen molar-refractivity contribution in [3.05, 3.63) is 39.6 Å². The Morgan fingerprint density at radius 2 is 1.90 bits per heavy atom. The maximum Gasteiger partial charge on any atom is 0.254 e. The van der Waals surface area contributed by atoms with E-state index in [2.05, 4.69) is 13.8 Å². The van der Waals surface area contributed by atoms with Gasteiger partial charge in [0.15, 0.2) is 0 Å². The molecule has 0 saturated carbocycles. The topological polar surface area (TPSA) is 31.2 Å². The van der Waals surface area contributed by atoms with E-state index in [1.165, 1.54) is 0 Å². The molecule has 0 atom stereocenters. The molecule has 0 saturated heterocycles. The Morgan fingerprint density at radius 3 is 2.62 bits per heavy atom. The van der Waals surface area contributed by atoms with Crippen LogP contribution in [0.15, 0.2) is 29.1 Å². The molecule has 1 aromatic heterocycles. The van der Waals surface area contributed by atoms with Crippen molar-refractivity contribution in [1.29, 1.82) is 0 Å². The summed E-state index contributed by atoms with van der Waals surface area (Å²) < 4.78 is 7.57. The first kappa shape index (κ1) is 15.9. The molecule has 0 N–H and O–H groups in total. The second-order valence-corrected chi connectivity index (χ2v) is 5.65. The molecule has 21 heavy (non-hydrogen) atoms. The highest BCUT2D eigenvalue weighted by Crippen LogP contribution is 2.27. The first-order valence-electron chi connectivity index (χ1n) is 7.63. The van der Waals surface area contributed by atoms with Gasteiger partial charge in [-0.3, -0.25) is 4.79 Å². The van der Waals surface area contributed by atoms with Crippen LogP contribution in [0.4, 0.5) is 0 Å². The van der Waals surface area contributed by atoms with Gasteiger partial charge in [-0.15, -0.1) is 0 Å². The summed E-state index contributed by atoms with van der Waals surface area (Å²) in [5.41, 5.74) is 0.833. The van der Waals surface area contributed by atoms with Crippen molar-refractivity contribution in [2.24, 2.45) is 0 Å². The Labute approximate surface area is 130 Å². The highest BCUT2D eigenvalue weighted by atomic mass is 35.5. The Kier molecular flexibility index (Phi) is 5.68. The van der Waals surface area contributed by atoms with Crippen LogP contribution >= 0.6 is 11.6 Å². The third-order valence-electron chi connectivity index (χ3n) is 3.53. The van der Waals surface area contributed by atoms with Crippen LogP contribution in [0.5, 0.6) is 5.75 Å². The number of hydrogen-bond donors (Lipinski definition) is 0. The summed E-state index contributed by atoms with van der Waals surface area (Å²) in [7, 11) is 0. The fourth-order valence-corrected chi connectivity index (χ4v) is 2.48. The van der Waals surface area contributed by atoms with E-state index in [1.54, 1.807) is 10.6 Å². The van der Waals surface area contributed by atoms with Crippen molar-refractivity contribution in [2.45, 2.75) is 46.1 Å². The number of pyridine rings is 1. The van der Waals surface area contributed by atoms with Gasteiger partial charge in [0, 0.05) is 23.0 Å². The molecule has 0 unspecified atom stereocenters. The molecule has 114 valence electrons. The summed E-state index contributed by atoms with van der Waals surface area (Å²) in [4.78, 5) is 12.3. The Balaban J connectivity index is 2.49. The molecule has 2 rings (SSSR count). The number of halogens is 1. The third kappa shape index (κ3) is 3.79. The van der Waals surface area contributed by atoms with Crippen molar-refractivity contribution < 1.29 is 4.74 Å². The first-order valence-corrected chi connectivity index (χ1v) is 8.01. The van der Waals surface area contributed by atoms with E-state index < -0.39 is 0 Å². The van der Waals surface area contributed by atoms with Crippen molar-refractivity contribution in [2.75, 3.05) is 6.61 Å². The Bertz CT molecular complexity index is 664. The molecule has 4 heteroatoms. The molecule has 0 spiro atoms. The van der Waals surface area contributed by atoms with Crippen LogP contribution in [0, 0.1) is 0 Å². The zero-order chi connectivity index (χ0) is 15.2. The first-order chi connectivity index (χ1) is 10.2. The molecule has 0 amide bonds. The predicted octanol–water partition coefficient (Wildman–Crippen LogP) is 4.63. The molecule has 2 aromatic rings. The van der Waals surface area contributed by atoms with E-state index in [-0.39, 0.29) is 5.56 Å². The van der Waals surface area contributed by atoms with Crippen LogP contribution in [-0.4, -0.2) is 11.2 Å². The maximum absolute atomic E-state index is 12.3. The Hall–Kier alpha value is -1.48. The van der Waals surface area contributed by atoms with Gasteiger partial charge >= 0.3 is 0 Å². The number of nitrogens with zero attached hydrogens (tertiary/aromatic N) is 1. The van der Waals surface area contributed by atoms with Gasteiger partial charge < -0.3 is 9.30 Å². The van der Waals surface area contributed by atoms with Crippen LogP contribution in [0.2, 0.25) is 5.02 Å². The summed E-state index contributed by atoms with van der Waals surface area (Å²) in [6.07, 6.45) is 4.06. The van der Waals surface area contributed by atoms with Gasteiger partial charge in [-0.1, -0.05) is 38.3 Å². The largest absolute Gasteiger partial charge is 0.493 e. The number of rotatable bonds is 7. The lowest BCUT2D eigenvalue weighted by atomic mass is 10.2. The fraction of sp³-hybridized carbons (Fsp3) is 0.471. The molecule has 0 aliphatic heterocycles. The van der Waals surface area contributed by atoms with Gasteiger partial charge in [-0.2, -0.15) is 0 Å². The average molecular weight is 308 g/mol. The quantitative estimate of drug-likeness (QED) is 0.698. The second kappa shape index (κ2) is 7.51. The van der Waals surface area contributed by atoms with Gasteiger partial charge in [0.1, 0.15) is 5.75 Å². The molecule has 1 aromatic carbocycles. The highest BCUT2D eigenvalue weighted by molar-refractivity contribution is 6.31. The monoisotopic (exact) mass is 307 g/mol. The standard InChI is InChI=1S/C17H22ClNO2/c1-3-5-9-19-15-11-13(18)7-8-14(15)16(12-17(19)20)21-10-6-4-2/h7-8,11-12H,3-6,9-10H2,1-2H3. The molecular weight excluding hydrogens is 286 g/mol. The lowest BCUT2D eigenvalue weighted by molar-refractivity contribution is 0.312. The zero-order valence-electron chi connectivity index (χ0n) is 12.7. The molecule has 1 heterocycles. The minimum atomic E-state index is -0.0234. The number of fused-ring (bicyclic) bond motifs is 1. The number of benzene rings is 1. The number of aromatic nitrogens is 1. The van der Waals surface area contributed by atoms with Crippen LogP contribution in [0.25, 0.3) is 10.9 Å². The minimum absolute atomic E-state index is 0.0234. The van der Waals surface area contributed by atoms with Crippen LogP contribution in [0.1, 0.15) is 39.5 Å². The second-order valence-electron chi connectivity index (χ2n) is 5.22. The van der Waals surface area contributed by atoms with Crippen LogP contribution in [-0.2, 0) is 6.54 Å². The molecule has 0 radical (unpaired) electrons. The average Bonchev–Trinajstić information content (AvgIpc) is 2.46. The molecular formula is C17H22ClNO2. The maximum atomic E-state index is 12.3. The lowest BCUT2D eigenvalue weighted by Gasteiger charge is -2.14. The SMILES string of the molecule is CCCCOc1cc(=O)n(CCCC)c2cc(Cl)ccc12. The number of ether oxygens (including phenoxy) is 1. The van der Waals surface area contributed by atoms with Crippen molar-refractivity contribution in [1.82, 2.24) is 4.57 Å². The number of hydrogen-bond acceptors (Lipinski definition) is 2. The molecule has 0 bridgehead atoms. The van der Waals surface area contributed by atoms with E-state index in [0.29, 0.717) is 23.9 Å². The van der Waals surface area contributed by atoms with Crippen molar-refractivity contribution in [3.63, 3.8) is 0 Å². The summed E-state index contributed by atoms with van der Waals surface area (Å²) in [6.45, 7) is 5.57. The Morgan fingerprint density at radius 1 is 1.14 bits per heavy atom. The molecule has 0 fully saturated rings. The summed E-state index contributed by atoms with van der Waals surface area (Å²) in [5, 5.41) is 1.59. The van der Waals surface area contributed by atoms with Crippen molar-refractivity contribution in [3.8, 4) is 5.75 Å². The van der Waals surface area contributed by atoms with E-state index in [4.69, 9.17) is 16.3 Å². The predicted molar refractivity (Wildman–Crippen MR) is 88.5 cm³/mol. The highest BCUT2D eigenvalue weighted by Gasteiger charge is 2.10. The van der Waals surface area contributed by atoms with Gasteiger partial charge in [0.25, 0.3) is 5.56 Å². The smallest absolute Gasteiger partial charge is 0.254 e. The van der Waals surface area contributed by atoms with Gasteiger partial charge in [-0.25, -0.2) is 0 Å². The van der Waals surface area contributed by atoms with Gasteiger partial charge in [0.05, 0.1) is 12.1 Å². The number of aryl methyl sites for hydroxylation is 1.